The van der Waals surface area contributed by atoms with Crippen molar-refractivity contribution in [2.45, 2.75) is 38.8 Å². The molecule has 2 heterocycles. The number of nitrogens with zero attached hydrogens (tertiary/aromatic N) is 1. The van der Waals surface area contributed by atoms with Crippen molar-refractivity contribution in [3.05, 3.63) is 35.9 Å². The summed E-state index contributed by atoms with van der Waals surface area (Å²) in [7, 11) is 0. The Hall–Kier alpha value is -0.610. The molecule has 3 nitrogen and oxygen atoms in total. The molecule has 2 unspecified atom stereocenters. The number of halogens is 1. The molecule has 3 rings (SSSR count). The highest BCUT2D eigenvalue weighted by Gasteiger charge is 2.31. The Labute approximate surface area is 140 Å². The average Bonchev–Trinajstić information content (AvgIpc) is 3.12. The molecule has 0 bridgehead atoms. The van der Waals surface area contributed by atoms with Crippen LogP contribution in [0.5, 0.6) is 0 Å². The van der Waals surface area contributed by atoms with Crippen LogP contribution in [0.4, 0.5) is 0 Å². The fraction of sp³-hybridized carbons (Fsp3) is 0.667. The molecule has 2 fully saturated rings. The van der Waals surface area contributed by atoms with E-state index in [0.29, 0.717) is 11.5 Å². The first-order valence-corrected chi connectivity index (χ1v) is 8.32. The van der Waals surface area contributed by atoms with E-state index < -0.39 is 0 Å². The summed E-state index contributed by atoms with van der Waals surface area (Å²) >= 11 is 0. The van der Waals surface area contributed by atoms with Crippen LogP contribution in [0.3, 0.4) is 0 Å². The lowest BCUT2D eigenvalue weighted by Crippen LogP contribution is -2.40. The SMILES string of the molecule is CC1(CN(Cc2ccccc2)CC2CCCO2)CCNC1.Cl. The fourth-order valence-electron chi connectivity index (χ4n) is 3.65. The van der Waals surface area contributed by atoms with Crippen LogP contribution in [0.1, 0.15) is 31.7 Å². The molecule has 1 N–H and O–H groups in total. The van der Waals surface area contributed by atoms with Gasteiger partial charge in [0.05, 0.1) is 6.10 Å². The number of ether oxygens (including phenoxy) is 1. The molecule has 22 heavy (non-hydrogen) atoms. The molecular weight excluding hydrogens is 296 g/mol. The van der Waals surface area contributed by atoms with Crippen molar-refractivity contribution in [1.82, 2.24) is 10.2 Å². The van der Waals surface area contributed by atoms with Gasteiger partial charge in [0.2, 0.25) is 0 Å². The average molecular weight is 325 g/mol. The first kappa shape index (κ1) is 17.7. The molecule has 2 saturated heterocycles. The van der Waals surface area contributed by atoms with E-state index in [0.717, 1.165) is 39.3 Å². The monoisotopic (exact) mass is 324 g/mol. The van der Waals surface area contributed by atoms with E-state index in [9.17, 15) is 0 Å². The van der Waals surface area contributed by atoms with Crippen molar-refractivity contribution < 1.29 is 4.74 Å². The van der Waals surface area contributed by atoms with Gasteiger partial charge >= 0.3 is 0 Å². The summed E-state index contributed by atoms with van der Waals surface area (Å²) in [5.74, 6) is 0. The Morgan fingerprint density at radius 3 is 2.77 bits per heavy atom. The maximum Gasteiger partial charge on any atom is 0.0702 e. The minimum absolute atomic E-state index is 0. The second-order valence-electron chi connectivity index (χ2n) is 7.03. The summed E-state index contributed by atoms with van der Waals surface area (Å²) in [6, 6.07) is 10.8. The smallest absolute Gasteiger partial charge is 0.0702 e. The zero-order chi connectivity index (χ0) is 14.5. The van der Waals surface area contributed by atoms with Crippen molar-refractivity contribution >= 4 is 12.4 Å². The van der Waals surface area contributed by atoms with Gasteiger partial charge in [0.1, 0.15) is 0 Å². The van der Waals surface area contributed by atoms with E-state index in [1.807, 2.05) is 0 Å². The third-order valence-electron chi connectivity index (χ3n) is 4.80. The highest BCUT2D eigenvalue weighted by Crippen LogP contribution is 2.27. The molecule has 1 aromatic carbocycles. The van der Waals surface area contributed by atoms with Crippen LogP contribution in [0.25, 0.3) is 0 Å². The lowest BCUT2D eigenvalue weighted by Gasteiger charge is -2.33. The quantitative estimate of drug-likeness (QED) is 0.870. The number of hydrogen-bond donors (Lipinski definition) is 1. The number of rotatable bonds is 6. The maximum atomic E-state index is 5.86. The standard InChI is InChI=1S/C18H28N2O.ClH/c1-18(9-10-19-14-18)15-20(13-17-8-5-11-21-17)12-16-6-3-2-4-7-16;/h2-4,6-7,17,19H,5,8-15H2,1H3;1H. The lowest BCUT2D eigenvalue weighted by molar-refractivity contribution is 0.0558. The zero-order valence-corrected chi connectivity index (χ0v) is 14.4. The van der Waals surface area contributed by atoms with Crippen molar-refractivity contribution in [3.8, 4) is 0 Å². The van der Waals surface area contributed by atoms with Gasteiger partial charge in [-0.25, -0.2) is 0 Å². The van der Waals surface area contributed by atoms with Crippen LogP contribution in [0.15, 0.2) is 30.3 Å². The molecule has 0 aliphatic carbocycles. The van der Waals surface area contributed by atoms with E-state index >= 15 is 0 Å². The van der Waals surface area contributed by atoms with Crippen molar-refractivity contribution in [3.63, 3.8) is 0 Å². The van der Waals surface area contributed by atoms with Crippen LogP contribution in [0.2, 0.25) is 0 Å². The Bertz CT molecular complexity index is 428. The Morgan fingerprint density at radius 1 is 1.32 bits per heavy atom. The normalized spacial score (nSPS) is 28.0. The largest absolute Gasteiger partial charge is 0.377 e. The molecule has 0 radical (unpaired) electrons. The van der Waals surface area contributed by atoms with E-state index in [2.05, 4.69) is 47.5 Å². The summed E-state index contributed by atoms with van der Waals surface area (Å²) in [6.07, 6.45) is 4.17. The molecular formula is C18H29ClN2O. The van der Waals surface area contributed by atoms with Crippen molar-refractivity contribution in [2.24, 2.45) is 5.41 Å². The van der Waals surface area contributed by atoms with Crippen LogP contribution in [-0.4, -0.2) is 43.8 Å². The van der Waals surface area contributed by atoms with Gasteiger partial charge in [0.25, 0.3) is 0 Å². The topological polar surface area (TPSA) is 24.5 Å². The molecule has 124 valence electrons. The van der Waals surface area contributed by atoms with Gasteiger partial charge in [0, 0.05) is 32.8 Å². The first-order valence-electron chi connectivity index (χ1n) is 8.32. The molecule has 2 atom stereocenters. The number of hydrogen-bond acceptors (Lipinski definition) is 3. The minimum atomic E-state index is 0. The van der Waals surface area contributed by atoms with E-state index in [1.54, 1.807) is 0 Å². The van der Waals surface area contributed by atoms with E-state index in [4.69, 9.17) is 4.74 Å². The molecule has 2 aliphatic rings. The first-order chi connectivity index (χ1) is 10.2. The molecule has 0 aromatic heterocycles. The Morgan fingerprint density at radius 2 is 2.14 bits per heavy atom. The Kier molecular flexibility index (Phi) is 6.69. The highest BCUT2D eigenvalue weighted by molar-refractivity contribution is 5.85. The van der Waals surface area contributed by atoms with Crippen molar-refractivity contribution in [1.29, 1.82) is 0 Å². The van der Waals surface area contributed by atoms with Crippen LogP contribution in [0, 0.1) is 5.41 Å². The summed E-state index contributed by atoms with van der Waals surface area (Å²) < 4.78 is 5.86. The molecule has 4 heteroatoms. The predicted molar refractivity (Wildman–Crippen MR) is 93.5 cm³/mol. The van der Waals surface area contributed by atoms with Gasteiger partial charge < -0.3 is 10.1 Å². The van der Waals surface area contributed by atoms with Gasteiger partial charge in [0.15, 0.2) is 0 Å². The summed E-state index contributed by atoms with van der Waals surface area (Å²) in [6.45, 7) is 8.94. The summed E-state index contributed by atoms with van der Waals surface area (Å²) in [5.41, 5.74) is 1.82. The molecule has 0 spiro atoms. The van der Waals surface area contributed by atoms with E-state index in [1.165, 1.54) is 24.8 Å². The number of nitrogens with one attached hydrogen (secondary N) is 1. The van der Waals surface area contributed by atoms with Gasteiger partial charge in [-0.05, 0) is 36.8 Å². The van der Waals surface area contributed by atoms with Crippen LogP contribution in [-0.2, 0) is 11.3 Å². The second kappa shape index (κ2) is 8.30. The maximum absolute atomic E-state index is 5.86. The van der Waals surface area contributed by atoms with Crippen LogP contribution >= 0.6 is 12.4 Å². The third-order valence-corrected chi connectivity index (χ3v) is 4.80. The molecule has 1 aromatic rings. The van der Waals surface area contributed by atoms with Crippen molar-refractivity contribution in [2.75, 3.05) is 32.8 Å². The minimum Gasteiger partial charge on any atom is -0.377 e. The van der Waals surface area contributed by atoms with E-state index in [-0.39, 0.29) is 12.4 Å². The summed E-state index contributed by atoms with van der Waals surface area (Å²) in [4.78, 5) is 2.61. The fourth-order valence-corrected chi connectivity index (χ4v) is 3.65. The highest BCUT2D eigenvalue weighted by atomic mass is 35.5. The van der Waals surface area contributed by atoms with Gasteiger partial charge in [-0.3, -0.25) is 4.90 Å². The molecule has 0 amide bonds. The third kappa shape index (κ3) is 4.95. The zero-order valence-electron chi connectivity index (χ0n) is 13.6. The van der Waals surface area contributed by atoms with Gasteiger partial charge in [-0.2, -0.15) is 0 Å². The van der Waals surface area contributed by atoms with Gasteiger partial charge in [-0.15, -0.1) is 12.4 Å². The predicted octanol–water partition coefficient (Wildman–Crippen LogP) is 3.09. The second-order valence-corrected chi connectivity index (χ2v) is 7.03. The summed E-state index contributed by atoms with van der Waals surface area (Å²) in [5, 5.41) is 3.52. The van der Waals surface area contributed by atoms with Crippen LogP contribution < -0.4 is 5.32 Å². The number of benzene rings is 1. The molecule has 2 aliphatic heterocycles. The van der Waals surface area contributed by atoms with Gasteiger partial charge in [-0.1, -0.05) is 37.3 Å². The lowest BCUT2D eigenvalue weighted by atomic mass is 9.89. The molecule has 0 saturated carbocycles. The Balaban J connectivity index is 0.00000176.